The number of nitrogens with zero attached hydrogens (tertiary/aromatic N) is 4. The molecule has 2 N–H and O–H groups in total. The molecule has 0 aliphatic carbocycles. The molecule has 36 heavy (non-hydrogen) atoms. The largest absolute Gasteiger partial charge is 0.507 e. The third kappa shape index (κ3) is 5.86. The second kappa shape index (κ2) is 11.7. The molecule has 0 saturated carbocycles. The van der Waals surface area contributed by atoms with Gasteiger partial charge in [-0.15, -0.1) is 10.2 Å². The van der Waals surface area contributed by atoms with Crippen LogP contribution in [0.25, 0.3) is 17.1 Å². The Morgan fingerprint density at radius 1 is 1.08 bits per heavy atom. The fourth-order valence-corrected chi connectivity index (χ4v) is 4.42. The van der Waals surface area contributed by atoms with Crippen LogP contribution >= 0.6 is 27.7 Å². The fraction of sp³-hybridized carbons (Fsp3) is 0.120. The van der Waals surface area contributed by atoms with E-state index in [0.717, 1.165) is 15.7 Å². The predicted molar refractivity (Wildman–Crippen MR) is 142 cm³/mol. The summed E-state index contributed by atoms with van der Waals surface area (Å²) in [6.45, 7) is 0. The lowest BCUT2D eigenvalue weighted by Crippen LogP contribution is -2.20. The molecule has 3 aromatic carbocycles. The fourth-order valence-electron chi connectivity index (χ4n) is 3.30. The Morgan fingerprint density at radius 2 is 1.86 bits per heavy atom. The average Bonchev–Trinajstić information content (AvgIpc) is 3.33. The van der Waals surface area contributed by atoms with E-state index in [1.165, 1.54) is 24.0 Å². The summed E-state index contributed by atoms with van der Waals surface area (Å²) in [5.74, 6) is 1.55. The molecule has 9 nitrogen and oxygen atoms in total. The van der Waals surface area contributed by atoms with Crippen molar-refractivity contribution in [2.45, 2.75) is 5.16 Å². The maximum absolute atomic E-state index is 12.4. The van der Waals surface area contributed by atoms with Crippen LogP contribution in [0.4, 0.5) is 0 Å². The summed E-state index contributed by atoms with van der Waals surface area (Å²) >= 11 is 4.56. The molecule has 0 spiro atoms. The van der Waals surface area contributed by atoms with Crippen molar-refractivity contribution in [3.63, 3.8) is 0 Å². The van der Waals surface area contributed by atoms with Crippen LogP contribution < -0.4 is 14.9 Å². The first kappa shape index (κ1) is 25.3. The molecule has 1 aromatic heterocycles. The smallest absolute Gasteiger partial charge is 0.250 e. The van der Waals surface area contributed by atoms with Gasteiger partial charge in [0.1, 0.15) is 5.75 Å². The molecule has 0 saturated heterocycles. The Bertz CT molecular complexity index is 1390. The van der Waals surface area contributed by atoms with Gasteiger partial charge in [-0.1, -0.05) is 45.9 Å². The summed E-state index contributed by atoms with van der Waals surface area (Å²) in [7, 11) is 3.15. The van der Waals surface area contributed by atoms with Gasteiger partial charge in [-0.2, -0.15) is 5.10 Å². The van der Waals surface area contributed by atoms with Crippen LogP contribution in [0.15, 0.2) is 81.5 Å². The van der Waals surface area contributed by atoms with Gasteiger partial charge in [0.2, 0.25) is 0 Å². The number of halogens is 1. The molecular formula is C25H22BrN5O4S. The van der Waals surface area contributed by atoms with E-state index in [2.05, 4.69) is 36.7 Å². The van der Waals surface area contributed by atoms with Crippen molar-refractivity contribution in [2.75, 3.05) is 20.0 Å². The van der Waals surface area contributed by atoms with Gasteiger partial charge < -0.3 is 14.6 Å². The predicted octanol–water partition coefficient (Wildman–Crippen LogP) is 4.66. The van der Waals surface area contributed by atoms with E-state index >= 15 is 0 Å². The summed E-state index contributed by atoms with van der Waals surface area (Å²) in [4.78, 5) is 12.4. The molecule has 0 atom stereocenters. The molecule has 0 unspecified atom stereocenters. The van der Waals surface area contributed by atoms with Gasteiger partial charge in [0.15, 0.2) is 22.5 Å². The minimum atomic E-state index is -0.332. The summed E-state index contributed by atoms with van der Waals surface area (Å²) in [6, 6.07) is 20.1. The number of carbonyl (C=O) groups excluding carboxylic acids is 1. The lowest BCUT2D eigenvalue weighted by atomic mass is 10.2. The SMILES string of the molecule is COc1ccc(-c2nnc(SCC(=O)N/N=C\c3cc(Br)ccc3O)n2-c2ccccc2)cc1OC. The topological polar surface area (TPSA) is 111 Å². The van der Waals surface area contributed by atoms with Crippen molar-refractivity contribution in [3.8, 4) is 34.3 Å². The van der Waals surface area contributed by atoms with Gasteiger partial charge in [0, 0.05) is 21.3 Å². The normalized spacial score (nSPS) is 11.0. The first-order valence-corrected chi connectivity index (χ1v) is 12.4. The summed E-state index contributed by atoms with van der Waals surface area (Å²) in [6.07, 6.45) is 1.38. The number of aromatic nitrogens is 3. The third-order valence-corrected chi connectivity index (χ3v) is 6.43. The van der Waals surface area contributed by atoms with Crippen molar-refractivity contribution in [1.29, 1.82) is 0 Å². The van der Waals surface area contributed by atoms with Crippen molar-refractivity contribution >= 4 is 39.8 Å². The highest BCUT2D eigenvalue weighted by Gasteiger charge is 2.18. The third-order valence-electron chi connectivity index (χ3n) is 5.00. The zero-order valence-electron chi connectivity index (χ0n) is 19.4. The molecule has 0 fully saturated rings. The van der Waals surface area contributed by atoms with Gasteiger partial charge in [0.05, 0.1) is 26.2 Å². The Kier molecular flexibility index (Phi) is 8.24. The van der Waals surface area contributed by atoms with E-state index in [1.54, 1.807) is 32.4 Å². The number of hydrogen-bond acceptors (Lipinski definition) is 8. The highest BCUT2D eigenvalue weighted by molar-refractivity contribution is 9.10. The van der Waals surface area contributed by atoms with Gasteiger partial charge in [-0.25, -0.2) is 5.43 Å². The van der Waals surface area contributed by atoms with Gasteiger partial charge >= 0.3 is 0 Å². The second-order valence-electron chi connectivity index (χ2n) is 7.33. The van der Waals surface area contributed by atoms with Crippen molar-refractivity contribution in [3.05, 3.63) is 76.8 Å². The number of hydrogen-bond donors (Lipinski definition) is 2. The quantitative estimate of drug-likeness (QED) is 0.172. The molecule has 0 aliphatic heterocycles. The number of ether oxygens (including phenoxy) is 2. The number of amides is 1. The number of methoxy groups -OCH3 is 2. The number of rotatable bonds is 9. The zero-order valence-corrected chi connectivity index (χ0v) is 21.8. The second-order valence-corrected chi connectivity index (χ2v) is 9.19. The van der Waals surface area contributed by atoms with Crippen LogP contribution in [0.5, 0.6) is 17.2 Å². The first-order valence-electron chi connectivity index (χ1n) is 10.7. The Hall–Kier alpha value is -3.83. The maximum atomic E-state index is 12.4. The van der Waals surface area contributed by atoms with Crippen molar-refractivity contribution in [1.82, 2.24) is 20.2 Å². The number of phenols is 1. The Morgan fingerprint density at radius 3 is 2.61 bits per heavy atom. The minimum absolute atomic E-state index is 0.0543. The number of benzene rings is 3. The number of thioether (sulfide) groups is 1. The first-order chi connectivity index (χ1) is 17.5. The van der Waals surface area contributed by atoms with Gasteiger partial charge in [-0.05, 0) is 48.5 Å². The van der Waals surface area contributed by atoms with Crippen LogP contribution in [-0.4, -0.2) is 52.0 Å². The van der Waals surface area contributed by atoms with Gasteiger partial charge in [-0.3, -0.25) is 9.36 Å². The van der Waals surface area contributed by atoms with Crippen LogP contribution in [0.2, 0.25) is 0 Å². The monoisotopic (exact) mass is 567 g/mol. The van der Waals surface area contributed by atoms with E-state index in [4.69, 9.17) is 9.47 Å². The molecule has 0 aliphatic rings. The number of nitrogens with one attached hydrogen (secondary N) is 1. The van der Waals surface area contributed by atoms with E-state index in [9.17, 15) is 9.90 Å². The summed E-state index contributed by atoms with van der Waals surface area (Å²) < 4.78 is 13.4. The molecule has 11 heteroatoms. The highest BCUT2D eigenvalue weighted by atomic mass is 79.9. The van der Waals surface area contributed by atoms with Crippen LogP contribution in [-0.2, 0) is 4.79 Å². The highest BCUT2D eigenvalue weighted by Crippen LogP contribution is 2.34. The molecule has 0 bridgehead atoms. The number of phenolic OH excluding ortho intramolecular Hbond substituents is 1. The zero-order chi connectivity index (χ0) is 25.5. The number of hydrazone groups is 1. The lowest BCUT2D eigenvalue weighted by Gasteiger charge is -2.12. The van der Waals surface area contributed by atoms with E-state index in [0.29, 0.717) is 28.0 Å². The lowest BCUT2D eigenvalue weighted by molar-refractivity contribution is -0.118. The molecule has 0 radical (unpaired) electrons. The Balaban J connectivity index is 1.54. The molecule has 4 aromatic rings. The molecule has 4 rings (SSSR count). The molecule has 184 valence electrons. The van der Waals surface area contributed by atoms with Crippen LogP contribution in [0, 0.1) is 0 Å². The summed E-state index contributed by atoms with van der Waals surface area (Å²) in [5.41, 5.74) is 4.56. The number of para-hydroxylation sites is 1. The van der Waals surface area contributed by atoms with E-state index in [-0.39, 0.29) is 17.4 Å². The van der Waals surface area contributed by atoms with E-state index in [1.807, 2.05) is 47.0 Å². The van der Waals surface area contributed by atoms with Crippen molar-refractivity contribution in [2.24, 2.45) is 5.10 Å². The summed E-state index contributed by atoms with van der Waals surface area (Å²) in [5, 5.41) is 23.1. The van der Waals surface area contributed by atoms with Gasteiger partial charge in [0.25, 0.3) is 5.91 Å². The van der Waals surface area contributed by atoms with Crippen LogP contribution in [0.1, 0.15) is 5.56 Å². The minimum Gasteiger partial charge on any atom is -0.507 e. The number of aromatic hydroxyl groups is 1. The van der Waals surface area contributed by atoms with E-state index < -0.39 is 0 Å². The van der Waals surface area contributed by atoms with Crippen molar-refractivity contribution < 1.29 is 19.4 Å². The average molecular weight is 568 g/mol. The maximum Gasteiger partial charge on any atom is 0.250 e. The molecule has 1 amide bonds. The number of carbonyl (C=O) groups is 1. The Labute approximate surface area is 220 Å². The molecule has 1 heterocycles. The molecular weight excluding hydrogens is 546 g/mol. The van der Waals surface area contributed by atoms with Crippen LogP contribution in [0.3, 0.4) is 0 Å². The standard InChI is InChI=1S/C25H22BrN5O4S/c1-34-21-11-8-16(13-22(21)35-2)24-29-30-25(31(24)19-6-4-3-5-7-19)36-15-23(33)28-27-14-17-12-18(26)9-10-20(17)32/h3-14,32H,15H2,1-2H3,(H,28,33)/b27-14-.